The Kier molecular flexibility index (Phi) is 4.77. The summed E-state index contributed by atoms with van der Waals surface area (Å²) in [6.07, 6.45) is 6.68. The van der Waals surface area contributed by atoms with Crippen molar-refractivity contribution in [2.75, 3.05) is 14.2 Å². The molecule has 104 valence electrons. The summed E-state index contributed by atoms with van der Waals surface area (Å²) in [7, 11) is 3.31. The number of para-hydroxylation sites is 1. The SMILES string of the molecule is CCC(=Cc1cccc(OC)c1OC)c1ccncc1. The van der Waals surface area contributed by atoms with E-state index in [1.807, 2.05) is 42.7 Å². The number of rotatable bonds is 5. The van der Waals surface area contributed by atoms with Gasteiger partial charge in [-0.2, -0.15) is 0 Å². The largest absolute Gasteiger partial charge is 0.493 e. The van der Waals surface area contributed by atoms with Gasteiger partial charge in [-0.25, -0.2) is 0 Å². The lowest BCUT2D eigenvalue weighted by Crippen LogP contribution is -1.93. The summed E-state index contributed by atoms with van der Waals surface area (Å²) in [6, 6.07) is 9.92. The number of hydrogen-bond acceptors (Lipinski definition) is 3. The molecule has 0 N–H and O–H groups in total. The molecule has 3 heteroatoms. The molecule has 2 rings (SSSR count). The van der Waals surface area contributed by atoms with Gasteiger partial charge in [0.1, 0.15) is 0 Å². The molecule has 0 aliphatic heterocycles. The Balaban J connectivity index is 2.48. The summed E-state index contributed by atoms with van der Waals surface area (Å²) in [5.74, 6) is 1.50. The molecule has 0 aliphatic rings. The third-order valence-electron chi connectivity index (χ3n) is 3.20. The van der Waals surface area contributed by atoms with Crippen LogP contribution in [-0.4, -0.2) is 19.2 Å². The molecule has 0 fully saturated rings. The summed E-state index contributed by atoms with van der Waals surface area (Å²) < 4.78 is 10.8. The second kappa shape index (κ2) is 6.75. The van der Waals surface area contributed by atoms with E-state index in [1.165, 1.54) is 11.1 Å². The minimum Gasteiger partial charge on any atom is -0.493 e. The monoisotopic (exact) mass is 269 g/mol. The van der Waals surface area contributed by atoms with Gasteiger partial charge >= 0.3 is 0 Å². The zero-order chi connectivity index (χ0) is 14.4. The average Bonchev–Trinajstić information content (AvgIpc) is 2.52. The van der Waals surface area contributed by atoms with E-state index in [2.05, 4.69) is 18.0 Å². The summed E-state index contributed by atoms with van der Waals surface area (Å²) in [4.78, 5) is 4.06. The van der Waals surface area contributed by atoms with Crippen LogP contribution in [0.4, 0.5) is 0 Å². The van der Waals surface area contributed by atoms with Gasteiger partial charge in [0.15, 0.2) is 11.5 Å². The predicted molar refractivity (Wildman–Crippen MR) is 81.9 cm³/mol. The van der Waals surface area contributed by atoms with Crippen molar-refractivity contribution in [3.63, 3.8) is 0 Å². The Hall–Kier alpha value is -2.29. The number of aromatic nitrogens is 1. The molecule has 0 spiro atoms. The molecule has 1 heterocycles. The van der Waals surface area contributed by atoms with Crippen LogP contribution in [0.1, 0.15) is 24.5 Å². The Morgan fingerprint density at radius 1 is 1.10 bits per heavy atom. The minimum atomic E-state index is 0.742. The second-order valence-corrected chi connectivity index (χ2v) is 4.34. The molecule has 2 aromatic rings. The first-order chi connectivity index (χ1) is 9.80. The van der Waals surface area contributed by atoms with Crippen molar-refractivity contribution >= 4 is 11.6 Å². The summed E-state index contributed by atoms with van der Waals surface area (Å²) in [5.41, 5.74) is 3.42. The van der Waals surface area contributed by atoms with Crippen LogP contribution in [0.3, 0.4) is 0 Å². The van der Waals surface area contributed by atoms with E-state index in [1.54, 1.807) is 14.2 Å². The van der Waals surface area contributed by atoms with Crippen molar-refractivity contribution in [1.29, 1.82) is 0 Å². The van der Waals surface area contributed by atoms with Crippen LogP contribution in [0, 0.1) is 0 Å². The molecule has 0 atom stereocenters. The molecule has 0 unspecified atom stereocenters. The topological polar surface area (TPSA) is 31.4 Å². The molecular weight excluding hydrogens is 250 g/mol. The molecular formula is C17H19NO2. The van der Waals surface area contributed by atoms with Crippen molar-refractivity contribution in [3.05, 3.63) is 53.9 Å². The lowest BCUT2D eigenvalue weighted by molar-refractivity contribution is 0.354. The van der Waals surface area contributed by atoms with Crippen LogP contribution in [0.25, 0.3) is 11.6 Å². The van der Waals surface area contributed by atoms with E-state index < -0.39 is 0 Å². The average molecular weight is 269 g/mol. The standard InChI is InChI=1S/C17H19NO2/c1-4-13(14-8-10-18-11-9-14)12-15-6-5-7-16(19-2)17(15)20-3/h5-12H,4H2,1-3H3. The smallest absolute Gasteiger partial charge is 0.167 e. The number of hydrogen-bond donors (Lipinski definition) is 0. The Bertz CT molecular complexity index is 591. The number of methoxy groups -OCH3 is 2. The van der Waals surface area contributed by atoms with Gasteiger partial charge in [0.05, 0.1) is 14.2 Å². The first-order valence-electron chi connectivity index (χ1n) is 6.62. The van der Waals surface area contributed by atoms with Gasteiger partial charge in [0.25, 0.3) is 0 Å². The van der Waals surface area contributed by atoms with Crippen LogP contribution < -0.4 is 9.47 Å². The molecule has 1 aromatic heterocycles. The van der Waals surface area contributed by atoms with Crippen molar-refractivity contribution in [2.24, 2.45) is 0 Å². The number of ether oxygens (including phenoxy) is 2. The van der Waals surface area contributed by atoms with Crippen molar-refractivity contribution < 1.29 is 9.47 Å². The van der Waals surface area contributed by atoms with Gasteiger partial charge in [0, 0.05) is 18.0 Å². The quantitative estimate of drug-likeness (QED) is 0.820. The lowest BCUT2D eigenvalue weighted by atomic mass is 10.0. The van der Waals surface area contributed by atoms with Crippen LogP contribution >= 0.6 is 0 Å². The van der Waals surface area contributed by atoms with E-state index in [9.17, 15) is 0 Å². The van der Waals surface area contributed by atoms with Crippen LogP contribution in [0.5, 0.6) is 11.5 Å². The number of benzene rings is 1. The fourth-order valence-corrected chi connectivity index (χ4v) is 2.17. The molecule has 0 bridgehead atoms. The van der Waals surface area contributed by atoms with Crippen LogP contribution in [-0.2, 0) is 0 Å². The van der Waals surface area contributed by atoms with Gasteiger partial charge in [-0.15, -0.1) is 0 Å². The van der Waals surface area contributed by atoms with Crippen LogP contribution in [0.2, 0.25) is 0 Å². The van der Waals surface area contributed by atoms with Gasteiger partial charge in [0.2, 0.25) is 0 Å². The maximum atomic E-state index is 5.47. The number of pyridine rings is 1. The van der Waals surface area contributed by atoms with Crippen molar-refractivity contribution in [2.45, 2.75) is 13.3 Å². The fourth-order valence-electron chi connectivity index (χ4n) is 2.17. The maximum absolute atomic E-state index is 5.47. The molecule has 0 saturated carbocycles. The normalized spacial score (nSPS) is 11.2. The van der Waals surface area contributed by atoms with Gasteiger partial charge in [-0.05, 0) is 41.8 Å². The zero-order valence-electron chi connectivity index (χ0n) is 12.1. The Morgan fingerprint density at radius 3 is 2.45 bits per heavy atom. The summed E-state index contributed by atoms with van der Waals surface area (Å²) in [6.45, 7) is 2.14. The summed E-state index contributed by atoms with van der Waals surface area (Å²) >= 11 is 0. The van der Waals surface area contributed by atoms with Gasteiger partial charge in [-0.3, -0.25) is 4.98 Å². The van der Waals surface area contributed by atoms with E-state index in [-0.39, 0.29) is 0 Å². The zero-order valence-corrected chi connectivity index (χ0v) is 12.1. The molecule has 0 saturated heterocycles. The molecule has 20 heavy (non-hydrogen) atoms. The van der Waals surface area contributed by atoms with Gasteiger partial charge < -0.3 is 9.47 Å². The van der Waals surface area contributed by atoms with Crippen molar-refractivity contribution in [1.82, 2.24) is 4.98 Å². The maximum Gasteiger partial charge on any atom is 0.167 e. The van der Waals surface area contributed by atoms with Gasteiger partial charge in [-0.1, -0.05) is 19.1 Å². The molecule has 0 aliphatic carbocycles. The Labute approximate surface area is 119 Å². The van der Waals surface area contributed by atoms with E-state index >= 15 is 0 Å². The predicted octanol–water partition coefficient (Wildman–Crippen LogP) is 4.05. The Morgan fingerprint density at radius 2 is 1.85 bits per heavy atom. The van der Waals surface area contributed by atoms with E-state index in [0.29, 0.717) is 0 Å². The van der Waals surface area contributed by atoms with Crippen LogP contribution in [0.15, 0.2) is 42.7 Å². The highest BCUT2D eigenvalue weighted by Gasteiger charge is 2.08. The first-order valence-corrected chi connectivity index (χ1v) is 6.62. The third-order valence-corrected chi connectivity index (χ3v) is 3.20. The molecule has 0 radical (unpaired) electrons. The third kappa shape index (κ3) is 2.99. The minimum absolute atomic E-state index is 0.742. The highest BCUT2D eigenvalue weighted by atomic mass is 16.5. The molecule has 1 aromatic carbocycles. The van der Waals surface area contributed by atoms with E-state index in [4.69, 9.17) is 9.47 Å². The highest BCUT2D eigenvalue weighted by molar-refractivity contribution is 5.83. The molecule has 0 amide bonds. The summed E-state index contributed by atoms with van der Waals surface area (Å²) in [5, 5.41) is 0. The lowest BCUT2D eigenvalue weighted by Gasteiger charge is -2.12. The second-order valence-electron chi connectivity index (χ2n) is 4.34. The van der Waals surface area contributed by atoms with E-state index in [0.717, 1.165) is 23.5 Å². The number of nitrogens with zero attached hydrogens (tertiary/aromatic N) is 1. The fraction of sp³-hybridized carbons (Fsp3) is 0.235. The van der Waals surface area contributed by atoms with Crippen molar-refractivity contribution in [3.8, 4) is 11.5 Å². The number of allylic oxidation sites excluding steroid dienone is 1. The highest BCUT2D eigenvalue weighted by Crippen LogP contribution is 2.33. The first kappa shape index (κ1) is 14.1. The molecule has 3 nitrogen and oxygen atoms in total.